The molecule has 5 nitrogen and oxygen atoms in total. The molecule has 102 valence electrons. The van der Waals surface area contributed by atoms with Crippen LogP contribution in [0.3, 0.4) is 0 Å². The number of carbonyl (C=O) groups is 2. The minimum absolute atomic E-state index is 0.00983. The number of unbranched alkanes of at least 4 members (excludes halogenated alkanes) is 1. The Labute approximate surface area is 107 Å². The van der Waals surface area contributed by atoms with Crippen LogP contribution in [0.2, 0.25) is 0 Å². The Hall–Kier alpha value is -1.10. The monoisotopic (exact) mass is 255 g/mol. The number of hydrogen-bond donors (Lipinski definition) is 2. The number of carboxylic acid groups (broad SMARTS) is 1. The van der Waals surface area contributed by atoms with Gasteiger partial charge in [-0.3, -0.25) is 4.79 Å². The maximum Gasteiger partial charge on any atom is 0.326 e. The van der Waals surface area contributed by atoms with Crippen LogP contribution in [0, 0.1) is 5.92 Å². The van der Waals surface area contributed by atoms with Gasteiger partial charge in [0, 0.05) is 0 Å². The SMILES string of the molecule is CCCCC(NC(=O)C1CC2CCC1O2)C(=O)O. The van der Waals surface area contributed by atoms with Gasteiger partial charge in [-0.05, 0) is 25.7 Å². The summed E-state index contributed by atoms with van der Waals surface area (Å²) in [5, 5.41) is 11.7. The average molecular weight is 255 g/mol. The van der Waals surface area contributed by atoms with E-state index in [0.717, 1.165) is 32.1 Å². The molecular weight excluding hydrogens is 234 g/mol. The summed E-state index contributed by atoms with van der Waals surface area (Å²) in [6.45, 7) is 2.00. The molecule has 0 spiro atoms. The van der Waals surface area contributed by atoms with Crippen LogP contribution in [-0.2, 0) is 14.3 Å². The highest BCUT2D eigenvalue weighted by Gasteiger charge is 2.44. The van der Waals surface area contributed by atoms with Crippen LogP contribution >= 0.6 is 0 Å². The Morgan fingerprint density at radius 1 is 1.44 bits per heavy atom. The van der Waals surface area contributed by atoms with Crippen molar-refractivity contribution in [2.45, 2.75) is 63.7 Å². The van der Waals surface area contributed by atoms with Crippen molar-refractivity contribution < 1.29 is 19.4 Å². The number of hydrogen-bond acceptors (Lipinski definition) is 3. The van der Waals surface area contributed by atoms with Gasteiger partial charge >= 0.3 is 5.97 Å². The molecule has 2 N–H and O–H groups in total. The van der Waals surface area contributed by atoms with Gasteiger partial charge in [0.15, 0.2) is 0 Å². The summed E-state index contributed by atoms with van der Waals surface area (Å²) >= 11 is 0. The van der Waals surface area contributed by atoms with E-state index in [9.17, 15) is 9.59 Å². The molecule has 0 aromatic heterocycles. The fourth-order valence-electron chi connectivity index (χ4n) is 2.86. The number of carbonyl (C=O) groups excluding carboxylic acids is 1. The predicted molar refractivity (Wildman–Crippen MR) is 65.1 cm³/mol. The third kappa shape index (κ3) is 2.83. The number of rotatable bonds is 6. The van der Waals surface area contributed by atoms with Crippen molar-refractivity contribution in [1.82, 2.24) is 5.32 Å². The largest absolute Gasteiger partial charge is 0.480 e. The summed E-state index contributed by atoms with van der Waals surface area (Å²) in [5.41, 5.74) is 0. The first kappa shape index (κ1) is 13.3. The summed E-state index contributed by atoms with van der Waals surface area (Å²) in [6.07, 6.45) is 5.17. The second kappa shape index (κ2) is 5.69. The summed E-state index contributed by atoms with van der Waals surface area (Å²) in [5.74, 6) is -1.24. The molecule has 2 aliphatic heterocycles. The normalized spacial score (nSPS) is 31.3. The van der Waals surface area contributed by atoms with Gasteiger partial charge in [-0.2, -0.15) is 0 Å². The van der Waals surface area contributed by atoms with Crippen molar-refractivity contribution in [3.63, 3.8) is 0 Å². The Morgan fingerprint density at radius 2 is 2.22 bits per heavy atom. The van der Waals surface area contributed by atoms with E-state index in [-0.39, 0.29) is 24.0 Å². The Kier molecular flexibility index (Phi) is 4.22. The van der Waals surface area contributed by atoms with Crippen LogP contribution in [-0.4, -0.2) is 35.2 Å². The first-order valence-electron chi connectivity index (χ1n) is 6.80. The fraction of sp³-hybridized carbons (Fsp3) is 0.846. The molecule has 1 amide bonds. The van der Waals surface area contributed by atoms with Crippen molar-refractivity contribution in [3.8, 4) is 0 Å². The van der Waals surface area contributed by atoms with Gasteiger partial charge in [0.2, 0.25) is 5.91 Å². The van der Waals surface area contributed by atoms with Crippen molar-refractivity contribution in [2.75, 3.05) is 0 Å². The fourth-order valence-corrected chi connectivity index (χ4v) is 2.86. The highest BCUT2D eigenvalue weighted by atomic mass is 16.5. The van der Waals surface area contributed by atoms with Crippen LogP contribution in [0.15, 0.2) is 0 Å². The van der Waals surface area contributed by atoms with Gasteiger partial charge < -0.3 is 15.2 Å². The number of amides is 1. The maximum atomic E-state index is 12.1. The number of aliphatic carboxylic acids is 1. The molecule has 2 fully saturated rings. The molecule has 0 aromatic carbocycles. The van der Waals surface area contributed by atoms with Gasteiger partial charge in [-0.1, -0.05) is 19.8 Å². The summed E-state index contributed by atoms with van der Waals surface area (Å²) in [6, 6.07) is -0.753. The molecule has 0 radical (unpaired) electrons. The number of nitrogens with one attached hydrogen (secondary N) is 1. The van der Waals surface area contributed by atoms with Crippen molar-refractivity contribution in [1.29, 1.82) is 0 Å². The van der Waals surface area contributed by atoms with Crippen LogP contribution in [0.4, 0.5) is 0 Å². The zero-order chi connectivity index (χ0) is 13.1. The van der Waals surface area contributed by atoms with E-state index < -0.39 is 12.0 Å². The second-order valence-electron chi connectivity index (χ2n) is 5.26. The lowest BCUT2D eigenvalue weighted by molar-refractivity contribution is -0.143. The lowest BCUT2D eigenvalue weighted by Crippen LogP contribution is -2.45. The first-order chi connectivity index (χ1) is 8.61. The minimum Gasteiger partial charge on any atom is -0.480 e. The lowest BCUT2D eigenvalue weighted by atomic mass is 9.88. The Morgan fingerprint density at radius 3 is 2.72 bits per heavy atom. The maximum absolute atomic E-state index is 12.1. The third-order valence-corrected chi connectivity index (χ3v) is 3.90. The van der Waals surface area contributed by atoms with Gasteiger partial charge in [0.1, 0.15) is 6.04 Å². The molecule has 18 heavy (non-hydrogen) atoms. The van der Waals surface area contributed by atoms with Crippen LogP contribution < -0.4 is 5.32 Å². The van der Waals surface area contributed by atoms with E-state index in [0.29, 0.717) is 6.42 Å². The van der Waals surface area contributed by atoms with E-state index >= 15 is 0 Å². The zero-order valence-corrected chi connectivity index (χ0v) is 10.7. The van der Waals surface area contributed by atoms with E-state index in [1.807, 2.05) is 6.92 Å². The minimum atomic E-state index is -0.944. The molecule has 5 heteroatoms. The molecule has 4 unspecified atom stereocenters. The van der Waals surface area contributed by atoms with E-state index in [1.54, 1.807) is 0 Å². The summed E-state index contributed by atoms with van der Waals surface area (Å²) in [4.78, 5) is 23.1. The smallest absolute Gasteiger partial charge is 0.326 e. The molecule has 2 heterocycles. The average Bonchev–Trinajstić information content (AvgIpc) is 2.95. The van der Waals surface area contributed by atoms with Crippen LogP contribution in [0.25, 0.3) is 0 Å². The number of carboxylic acids is 1. The van der Waals surface area contributed by atoms with Crippen molar-refractivity contribution in [2.24, 2.45) is 5.92 Å². The quantitative estimate of drug-likeness (QED) is 0.750. The van der Waals surface area contributed by atoms with E-state index in [2.05, 4.69) is 5.32 Å². The predicted octanol–water partition coefficient (Wildman–Crippen LogP) is 1.31. The first-order valence-corrected chi connectivity index (χ1v) is 6.80. The molecule has 0 aromatic rings. The van der Waals surface area contributed by atoms with Crippen molar-refractivity contribution in [3.05, 3.63) is 0 Å². The second-order valence-corrected chi connectivity index (χ2v) is 5.26. The summed E-state index contributed by atoms with van der Waals surface area (Å²) in [7, 11) is 0. The molecule has 2 saturated heterocycles. The molecular formula is C13H21NO4. The van der Waals surface area contributed by atoms with E-state index in [1.165, 1.54) is 0 Å². The molecule has 4 atom stereocenters. The number of ether oxygens (including phenoxy) is 1. The van der Waals surface area contributed by atoms with Gasteiger partial charge in [-0.15, -0.1) is 0 Å². The molecule has 2 rings (SSSR count). The number of fused-ring (bicyclic) bond motifs is 2. The standard InChI is InChI=1S/C13H21NO4/c1-2-3-4-10(13(16)17)14-12(15)9-7-8-5-6-11(9)18-8/h8-11H,2-7H2,1H3,(H,14,15)(H,16,17). The Bertz CT molecular complexity index is 331. The molecule has 2 bridgehead atoms. The highest BCUT2D eigenvalue weighted by molar-refractivity contribution is 5.85. The van der Waals surface area contributed by atoms with Gasteiger partial charge in [0.25, 0.3) is 0 Å². The van der Waals surface area contributed by atoms with Crippen LogP contribution in [0.5, 0.6) is 0 Å². The lowest BCUT2D eigenvalue weighted by Gasteiger charge is -2.21. The third-order valence-electron chi connectivity index (χ3n) is 3.90. The molecule has 0 aliphatic carbocycles. The van der Waals surface area contributed by atoms with Gasteiger partial charge in [0.05, 0.1) is 18.1 Å². The van der Waals surface area contributed by atoms with Gasteiger partial charge in [-0.25, -0.2) is 4.79 Å². The molecule has 0 saturated carbocycles. The zero-order valence-electron chi connectivity index (χ0n) is 10.7. The summed E-state index contributed by atoms with van der Waals surface area (Å²) < 4.78 is 5.62. The Balaban J connectivity index is 1.86. The molecule has 2 aliphatic rings. The van der Waals surface area contributed by atoms with E-state index in [4.69, 9.17) is 9.84 Å². The topological polar surface area (TPSA) is 75.6 Å². The van der Waals surface area contributed by atoms with Crippen LogP contribution in [0.1, 0.15) is 45.4 Å². The highest BCUT2D eigenvalue weighted by Crippen LogP contribution is 2.38. The van der Waals surface area contributed by atoms with Crippen molar-refractivity contribution >= 4 is 11.9 Å².